The van der Waals surface area contributed by atoms with Gasteiger partial charge < -0.3 is 15.6 Å². The number of aliphatic hydroxyl groups is 1. The summed E-state index contributed by atoms with van der Waals surface area (Å²) in [5, 5.41) is 9.08. The largest absolute Gasteiger partial charge is 0.484 e. The van der Waals surface area contributed by atoms with Crippen LogP contribution >= 0.6 is 22.9 Å². The second-order valence-electron chi connectivity index (χ2n) is 3.79. The van der Waals surface area contributed by atoms with Gasteiger partial charge in [0.25, 0.3) is 0 Å². The zero-order valence-corrected chi connectivity index (χ0v) is 11.2. The molecule has 2 aromatic rings. The van der Waals surface area contributed by atoms with Gasteiger partial charge in [-0.25, -0.2) is 0 Å². The van der Waals surface area contributed by atoms with Crippen molar-refractivity contribution in [3.05, 3.63) is 51.2 Å². The highest BCUT2D eigenvalue weighted by Gasteiger charge is 2.14. The fourth-order valence-electron chi connectivity index (χ4n) is 1.61. The van der Waals surface area contributed by atoms with Gasteiger partial charge in [-0.3, -0.25) is 0 Å². The molecule has 0 saturated heterocycles. The molecule has 0 bridgehead atoms. The predicted molar refractivity (Wildman–Crippen MR) is 74.1 cm³/mol. The van der Waals surface area contributed by atoms with E-state index >= 15 is 0 Å². The van der Waals surface area contributed by atoms with Crippen LogP contribution in [0.15, 0.2) is 36.4 Å². The summed E-state index contributed by atoms with van der Waals surface area (Å²) in [6.07, 6.45) is -0.212. The Morgan fingerprint density at radius 2 is 2.17 bits per heavy atom. The Balaban J connectivity index is 2.14. The summed E-state index contributed by atoms with van der Waals surface area (Å²) in [5.41, 5.74) is 6.53. The molecule has 3 nitrogen and oxygen atoms in total. The van der Waals surface area contributed by atoms with E-state index in [1.165, 1.54) is 11.3 Å². The first-order valence-electron chi connectivity index (χ1n) is 5.54. The first kappa shape index (κ1) is 13.4. The van der Waals surface area contributed by atoms with Gasteiger partial charge >= 0.3 is 0 Å². The van der Waals surface area contributed by atoms with E-state index in [0.29, 0.717) is 12.3 Å². The second-order valence-corrected chi connectivity index (χ2v) is 5.54. The number of rotatable bonds is 5. The van der Waals surface area contributed by atoms with Crippen molar-refractivity contribution in [2.45, 2.75) is 12.7 Å². The molecule has 96 valence electrons. The van der Waals surface area contributed by atoms with Crippen LogP contribution in [0.3, 0.4) is 0 Å². The Labute approximate surface area is 115 Å². The van der Waals surface area contributed by atoms with E-state index in [-0.39, 0.29) is 12.7 Å². The van der Waals surface area contributed by atoms with Gasteiger partial charge in [-0.05, 0) is 29.8 Å². The van der Waals surface area contributed by atoms with Gasteiger partial charge in [0.2, 0.25) is 0 Å². The van der Waals surface area contributed by atoms with Crippen LogP contribution in [-0.2, 0) is 6.61 Å². The molecule has 2 rings (SSSR count). The molecule has 5 heteroatoms. The molecule has 0 amide bonds. The molecule has 0 fully saturated rings. The molecular weight excluding hydrogens is 270 g/mol. The number of aliphatic hydroxyl groups excluding tert-OH is 1. The summed E-state index contributed by atoms with van der Waals surface area (Å²) in [5.74, 6) is 0.696. The van der Waals surface area contributed by atoms with Gasteiger partial charge in [0.05, 0.1) is 10.9 Å². The maximum absolute atomic E-state index is 9.08. The quantitative estimate of drug-likeness (QED) is 0.887. The van der Waals surface area contributed by atoms with Crippen LogP contribution in [0.2, 0.25) is 4.34 Å². The van der Waals surface area contributed by atoms with Crippen LogP contribution in [0.4, 0.5) is 0 Å². The molecule has 1 unspecified atom stereocenters. The third-order valence-electron chi connectivity index (χ3n) is 2.48. The van der Waals surface area contributed by atoms with Crippen molar-refractivity contribution in [1.82, 2.24) is 0 Å². The third-order valence-corrected chi connectivity index (χ3v) is 3.81. The monoisotopic (exact) mass is 283 g/mol. The normalized spacial score (nSPS) is 12.4. The van der Waals surface area contributed by atoms with Crippen molar-refractivity contribution >= 4 is 22.9 Å². The zero-order valence-electron chi connectivity index (χ0n) is 9.67. The van der Waals surface area contributed by atoms with Crippen molar-refractivity contribution in [2.75, 3.05) is 6.54 Å². The molecule has 18 heavy (non-hydrogen) atoms. The highest BCUT2D eigenvalue weighted by molar-refractivity contribution is 7.16. The molecule has 0 saturated carbocycles. The maximum atomic E-state index is 9.08. The minimum absolute atomic E-state index is 0.00464. The summed E-state index contributed by atoms with van der Waals surface area (Å²) in [6.45, 7) is 0.371. The van der Waals surface area contributed by atoms with Gasteiger partial charge in [-0.1, -0.05) is 23.7 Å². The molecule has 1 atom stereocenters. The van der Waals surface area contributed by atoms with Gasteiger partial charge in [0, 0.05) is 11.4 Å². The highest BCUT2D eigenvalue weighted by Crippen LogP contribution is 2.30. The number of ether oxygens (including phenoxy) is 1. The van der Waals surface area contributed by atoms with E-state index in [0.717, 1.165) is 14.8 Å². The Bertz CT molecular complexity index is 515. The fraction of sp³-hybridized carbons (Fsp3) is 0.231. The number of hydrogen-bond donors (Lipinski definition) is 2. The number of nitrogens with two attached hydrogens (primary N) is 1. The molecule has 0 aliphatic carbocycles. The smallest absolute Gasteiger partial charge is 0.145 e. The van der Waals surface area contributed by atoms with Crippen LogP contribution in [0.1, 0.15) is 16.5 Å². The topological polar surface area (TPSA) is 55.5 Å². The fourth-order valence-corrected chi connectivity index (χ4v) is 2.71. The van der Waals surface area contributed by atoms with Crippen molar-refractivity contribution < 1.29 is 9.84 Å². The molecule has 0 spiro atoms. The van der Waals surface area contributed by atoms with E-state index in [2.05, 4.69) is 0 Å². The average molecular weight is 284 g/mol. The Morgan fingerprint density at radius 3 is 2.78 bits per heavy atom. The number of hydrogen-bond acceptors (Lipinski definition) is 4. The summed E-state index contributed by atoms with van der Waals surface area (Å²) in [7, 11) is 0. The standard InChI is InChI=1S/C13H14ClNO2S/c14-13-5-4-12(18-13)11(7-15)17-10-3-1-2-9(6-10)8-16/h1-6,11,16H,7-8,15H2. The van der Waals surface area contributed by atoms with E-state index < -0.39 is 0 Å². The van der Waals surface area contributed by atoms with Crippen LogP contribution < -0.4 is 10.5 Å². The SMILES string of the molecule is NCC(Oc1cccc(CO)c1)c1ccc(Cl)s1. The molecule has 0 aliphatic rings. The van der Waals surface area contributed by atoms with Crippen LogP contribution in [0.5, 0.6) is 5.75 Å². The molecule has 0 radical (unpaired) electrons. The van der Waals surface area contributed by atoms with Crippen molar-refractivity contribution in [3.63, 3.8) is 0 Å². The van der Waals surface area contributed by atoms with E-state index in [1.807, 2.05) is 30.3 Å². The van der Waals surface area contributed by atoms with Crippen molar-refractivity contribution in [2.24, 2.45) is 5.73 Å². The number of thiophene rings is 1. The molecule has 1 aromatic carbocycles. The average Bonchev–Trinajstić information content (AvgIpc) is 2.82. The van der Waals surface area contributed by atoms with Crippen molar-refractivity contribution in [1.29, 1.82) is 0 Å². The first-order valence-corrected chi connectivity index (χ1v) is 6.74. The minimum Gasteiger partial charge on any atom is -0.484 e. The van der Waals surface area contributed by atoms with Crippen LogP contribution in [0.25, 0.3) is 0 Å². The van der Waals surface area contributed by atoms with E-state index in [9.17, 15) is 0 Å². The lowest BCUT2D eigenvalue weighted by Gasteiger charge is -2.16. The first-order chi connectivity index (χ1) is 8.72. The van der Waals surface area contributed by atoms with Crippen molar-refractivity contribution in [3.8, 4) is 5.75 Å². The molecule has 3 N–H and O–H groups in total. The third kappa shape index (κ3) is 3.23. The summed E-state index contributed by atoms with van der Waals surface area (Å²) in [6, 6.07) is 11.1. The highest BCUT2D eigenvalue weighted by atomic mass is 35.5. The summed E-state index contributed by atoms with van der Waals surface area (Å²) in [4.78, 5) is 0.997. The molecule has 1 heterocycles. The van der Waals surface area contributed by atoms with Gasteiger partial charge in [-0.2, -0.15) is 0 Å². The molecule has 1 aromatic heterocycles. The van der Waals surface area contributed by atoms with Gasteiger partial charge in [-0.15, -0.1) is 11.3 Å². The van der Waals surface area contributed by atoms with Crippen LogP contribution in [-0.4, -0.2) is 11.7 Å². The van der Waals surface area contributed by atoms with Crippen LogP contribution in [0, 0.1) is 0 Å². The van der Waals surface area contributed by atoms with Gasteiger partial charge in [0.1, 0.15) is 11.9 Å². The van der Waals surface area contributed by atoms with E-state index in [1.54, 1.807) is 6.07 Å². The Hall–Kier alpha value is -1.07. The Kier molecular flexibility index (Phi) is 4.60. The number of benzene rings is 1. The Morgan fingerprint density at radius 1 is 1.33 bits per heavy atom. The predicted octanol–water partition coefficient (Wildman–Crippen LogP) is 2.97. The zero-order chi connectivity index (χ0) is 13.0. The number of halogens is 1. The summed E-state index contributed by atoms with van der Waals surface area (Å²) >= 11 is 7.36. The maximum Gasteiger partial charge on any atom is 0.145 e. The summed E-state index contributed by atoms with van der Waals surface area (Å²) < 4.78 is 6.54. The lowest BCUT2D eigenvalue weighted by molar-refractivity contribution is 0.216. The lowest BCUT2D eigenvalue weighted by atomic mass is 10.2. The minimum atomic E-state index is -0.212. The molecular formula is C13H14ClNO2S. The lowest BCUT2D eigenvalue weighted by Crippen LogP contribution is -2.17. The second kappa shape index (κ2) is 6.20. The van der Waals surface area contributed by atoms with Gasteiger partial charge in [0.15, 0.2) is 0 Å². The van der Waals surface area contributed by atoms with E-state index in [4.69, 9.17) is 27.2 Å². The molecule has 0 aliphatic heterocycles.